The number of aromatic nitrogens is 2. The molecule has 6 nitrogen and oxygen atoms in total. The number of amides is 1. The lowest BCUT2D eigenvalue weighted by Gasteiger charge is -2.36. The molecule has 3 heterocycles. The van der Waals surface area contributed by atoms with Crippen LogP contribution in [0.15, 0.2) is 73.1 Å². The van der Waals surface area contributed by atoms with Crippen molar-refractivity contribution in [3.8, 4) is 0 Å². The summed E-state index contributed by atoms with van der Waals surface area (Å²) in [5.41, 5.74) is 0.776. The Morgan fingerprint density at radius 2 is 1.45 bits per heavy atom. The fraction of sp³-hybridized carbons (Fsp3) is 0.208. The number of anilines is 3. The van der Waals surface area contributed by atoms with Crippen molar-refractivity contribution in [1.82, 2.24) is 9.97 Å². The Kier molecular flexibility index (Phi) is 6.58. The van der Waals surface area contributed by atoms with Crippen molar-refractivity contribution in [2.75, 3.05) is 41.3 Å². The molecule has 1 aromatic carbocycles. The number of benzene rings is 1. The standard InChI is InChI=1S/C24H22F3N5O/c25-24(26,27)19-7-9-21(28-16-19)31-12-14-32(15-13-31)22-10-8-20(17-29-22)30-23(33)11-6-18-4-2-1-3-5-18/h1-11,16-17H,12-15H2,(H,30,33)/b11-6+. The summed E-state index contributed by atoms with van der Waals surface area (Å²) in [6.45, 7) is 2.54. The second-order valence-electron chi connectivity index (χ2n) is 7.52. The molecule has 0 spiro atoms. The van der Waals surface area contributed by atoms with Crippen LogP contribution in [0.25, 0.3) is 6.08 Å². The maximum atomic E-state index is 12.7. The number of piperazine rings is 1. The van der Waals surface area contributed by atoms with E-state index in [1.807, 2.05) is 41.3 Å². The van der Waals surface area contributed by atoms with E-state index in [-0.39, 0.29) is 5.91 Å². The molecule has 1 aliphatic heterocycles. The van der Waals surface area contributed by atoms with E-state index < -0.39 is 11.7 Å². The lowest BCUT2D eigenvalue weighted by Crippen LogP contribution is -2.47. The van der Waals surface area contributed by atoms with E-state index >= 15 is 0 Å². The Morgan fingerprint density at radius 3 is 1.97 bits per heavy atom. The first-order valence-electron chi connectivity index (χ1n) is 10.4. The van der Waals surface area contributed by atoms with Crippen LogP contribution in [0.4, 0.5) is 30.5 Å². The van der Waals surface area contributed by atoms with Crippen molar-refractivity contribution < 1.29 is 18.0 Å². The molecule has 0 radical (unpaired) electrons. The molecule has 1 fully saturated rings. The average Bonchev–Trinajstić information content (AvgIpc) is 2.84. The molecule has 33 heavy (non-hydrogen) atoms. The third-order valence-electron chi connectivity index (χ3n) is 5.24. The highest BCUT2D eigenvalue weighted by molar-refractivity contribution is 6.01. The van der Waals surface area contributed by atoms with Gasteiger partial charge in [-0.3, -0.25) is 4.79 Å². The molecule has 4 rings (SSSR count). The van der Waals surface area contributed by atoms with Gasteiger partial charge in [0.15, 0.2) is 0 Å². The van der Waals surface area contributed by atoms with Crippen LogP contribution < -0.4 is 15.1 Å². The van der Waals surface area contributed by atoms with Crippen LogP contribution in [0.5, 0.6) is 0 Å². The van der Waals surface area contributed by atoms with Crippen molar-refractivity contribution in [3.63, 3.8) is 0 Å². The van der Waals surface area contributed by atoms with Gasteiger partial charge >= 0.3 is 6.18 Å². The molecule has 9 heteroatoms. The minimum absolute atomic E-state index is 0.244. The van der Waals surface area contributed by atoms with E-state index in [0.29, 0.717) is 37.7 Å². The number of nitrogens with one attached hydrogen (secondary N) is 1. The van der Waals surface area contributed by atoms with Gasteiger partial charge in [0.1, 0.15) is 11.6 Å². The molecular formula is C24H22F3N5O. The van der Waals surface area contributed by atoms with Gasteiger partial charge in [0.2, 0.25) is 5.91 Å². The maximum absolute atomic E-state index is 12.7. The summed E-state index contributed by atoms with van der Waals surface area (Å²) in [5, 5.41) is 2.78. The van der Waals surface area contributed by atoms with Crippen LogP contribution in [-0.2, 0) is 11.0 Å². The molecule has 0 atom stereocenters. The lowest BCUT2D eigenvalue weighted by atomic mass is 10.2. The normalized spacial score (nSPS) is 14.5. The highest BCUT2D eigenvalue weighted by Gasteiger charge is 2.31. The summed E-state index contributed by atoms with van der Waals surface area (Å²) in [4.78, 5) is 24.5. The number of halogens is 3. The molecule has 170 valence electrons. The van der Waals surface area contributed by atoms with Gasteiger partial charge in [-0.05, 0) is 35.9 Å². The fourth-order valence-corrected chi connectivity index (χ4v) is 3.47. The number of carbonyl (C=O) groups excluding carboxylic acids is 1. The van der Waals surface area contributed by atoms with E-state index in [4.69, 9.17) is 0 Å². The van der Waals surface area contributed by atoms with E-state index in [1.165, 1.54) is 12.1 Å². The number of hydrogen-bond donors (Lipinski definition) is 1. The van der Waals surface area contributed by atoms with Crippen molar-refractivity contribution in [3.05, 3.63) is 84.2 Å². The Labute approximate surface area is 189 Å². The monoisotopic (exact) mass is 453 g/mol. The minimum Gasteiger partial charge on any atom is -0.353 e. The summed E-state index contributed by atoms with van der Waals surface area (Å²) >= 11 is 0. The maximum Gasteiger partial charge on any atom is 0.417 e. The zero-order chi connectivity index (χ0) is 23.3. The Morgan fingerprint density at radius 1 is 0.848 bits per heavy atom. The molecular weight excluding hydrogens is 431 g/mol. The lowest BCUT2D eigenvalue weighted by molar-refractivity contribution is -0.137. The topological polar surface area (TPSA) is 61.4 Å². The number of alkyl halides is 3. The summed E-state index contributed by atoms with van der Waals surface area (Å²) in [5.74, 6) is 1.05. The van der Waals surface area contributed by atoms with E-state index in [1.54, 1.807) is 18.3 Å². The molecule has 0 aliphatic carbocycles. The molecule has 3 aromatic rings. The molecule has 1 aliphatic rings. The smallest absolute Gasteiger partial charge is 0.353 e. The highest BCUT2D eigenvalue weighted by Crippen LogP contribution is 2.29. The molecule has 1 N–H and O–H groups in total. The van der Waals surface area contributed by atoms with Gasteiger partial charge in [-0.25, -0.2) is 9.97 Å². The van der Waals surface area contributed by atoms with Gasteiger partial charge in [0, 0.05) is 38.5 Å². The van der Waals surface area contributed by atoms with E-state index in [9.17, 15) is 18.0 Å². The van der Waals surface area contributed by atoms with Gasteiger partial charge in [0.05, 0.1) is 17.4 Å². The van der Waals surface area contributed by atoms with E-state index in [0.717, 1.165) is 23.6 Å². The number of carbonyl (C=O) groups is 1. The van der Waals surface area contributed by atoms with Crippen molar-refractivity contribution in [2.24, 2.45) is 0 Å². The molecule has 2 aromatic heterocycles. The Bertz CT molecular complexity index is 1090. The predicted molar refractivity (Wildman–Crippen MR) is 122 cm³/mol. The number of pyridine rings is 2. The quantitative estimate of drug-likeness (QED) is 0.578. The summed E-state index contributed by atoms with van der Waals surface area (Å²) in [7, 11) is 0. The second-order valence-corrected chi connectivity index (χ2v) is 7.52. The van der Waals surface area contributed by atoms with Crippen LogP contribution in [0.2, 0.25) is 0 Å². The predicted octanol–water partition coefficient (Wildman–Crippen LogP) is 4.47. The first kappa shape index (κ1) is 22.3. The Balaban J connectivity index is 1.29. The zero-order valence-electron chi connectivity index (χ0n) is 17.7. The average molecular weight is 453 g/mol. The van der Waals surface area contributed by atoms with Gasteiger partial charge in [-0.1, -0.05) is 30.3 Å². The molecule has 1 saturated heterocycles. The fourth-order valence-electron chi connectivity index (χ4n) is 3.47. The van der Waals surface area contributed by atoms with Gasteiger partial charge in [0.25, 0.3) is 0 Å². The van der Waals surface area contributed by atoms with Crippen molar-refractivity contribution >= 4 is 29.3 Å². The first-order chi connectivity index (χ1) is 15.9. The van der Waals surface area contributed by atoms with Crippen molar-refractivity contribution in [1.29, 1.82) is 0 Å². The van der Waals surface area contributed by atoms with Crippen LogP contribution >= 0.6 is 0 Å². The van der Waals surface area contributed by atoms with Crippen LogP contribution in [0.1, 0.15) is 11.1 Å². The van der Waals surface area contributed by atoms with Crippen LogP contribution in [-0.4, -0.2) is 42.1 Å². The van der Waals surface area contributed by atoms with Crippen LogP contribution in [0.3, 0.4) is 0 Å². The largest absolute Gasteiger partial charge is 0.417 e. The number of hydrogen-bond acceptors (Lipinski definition) is 5. The minimum atomic E-state index is -4.39. The second kappa shape index (κ2) is 9.72. The summed E-state index contributed by atoms with van der Waals surface area (Å²) in [6.07, 6.45) is 1.29. The first-order valence-corrected chi connectivity index (χ1v) is 10.4. The Hall–Kier alpha value is -3.88. The number of rotatable bonds is 5. The van der Waals surface area contributed by atoms with Crippen LogP contribution in [0, 0.1) is 0 Å². The third-order valence-corrected chi connectivity index (χ3v) is 5.24. The third kappa shape index (κ3) is 5.88. The van der Waals surface area contributed by atoms with Gasteiger partial charge in [-0.15, -0.1) is 0 Å². The van der Waals surface area contributed by atoms with Crippen molar-refractivity contribution in [2.45, 2.75) is 6.18 Å². The molecule has 0 unspecified atom stereocenters. The summed E-state index contributed by atoms with van der Waals surface area (Å²) in [6, 6.07) is 15.6. The van der Waals surface area contributed by atoms with E-state index in [2.05, 4.69) is 20.2 Å². The SMILES string of the molecule is O=C(/C=C/c1ccccc1)Nc1ccc(N2CCN(c3ccc(C(F)(F)F)cn3)CC2)nc1. The number of nitrogens with zero attached hydrogens (tertiary/aromatic N) is 4. The molecule has 1 amide bonds. The molecule has 0 saturated carbocycles. The van der Waals surface area contributed by atoms with Gasteiger partial charge in [-0.2, -0.15) is 13.2 Å². The molecule has 0 bridgehead atoms. The van der Waals surface area contributed by atoms with Gasteiger partial charge < -0.3 is 15.1 Å². The summed E-state index contributed by atoms with van der Waals surface area (Å²) < 4.78 is 38.1. The zero-order valence-corrected chi connectivity index (χ0v) is 17.7. The highest BCUT2D eigenvalue weighted by atomic mass is 19.4.